The van der Waals surface area contributed by atoms with Gasteiger partial charge in [-0.1, -0.05) is 44.2 Å². The summed E-state index contributed by atoms with van der Waals surface area (Å²) in [5, 5.41) is 11.7. The Morgan fingerprint density at radius 2 is 2.08 bits per heavy atom. The maximum atomic E-state index is 12.5. The van der Waals surface area contributed by atoms with Gasteiger partial charge in [-0.2, -0.15) is 0 Å². The molecule has 5 nitrogen and oxygen atoms in total. The van der Waals surface area contributed by atoms with Crippen LogP contribution in [0.2, 0.25) is 0 Å². The highest BCUT2D eigenvalue weighted by molar-refractivity contribution is 5.91. The van der Waals surface area contributed by atoms with Crippen molar-refractivity contribution < 1.29 is 19.4 Å². The molecule has 0 fully saturated rings. The molecule has 138 valence electrons. The minimum absolute atomic E-state index is 0.163. The summed E-state index contributed by atoms with van der Waals surface area (Å²) >= 11 is 0. The highest BCUT2D eigenvalue weighted by Crippen LogP contribution is 2.28. The van der Waals surface area contributed by atoms with Gasteiger partial charge in [0, 0.05) is 19.6 Å². The van der Waals surface area contributed by atoms with E-state index in [4.69, 9.17) is 14.6 Å². The first kappa shape index (κ1) is 19.5. The molecule has 0 aliphatic carbocycles. The summed E-state index contributed by atoms with van der Waals surface area (Å²) in [5.74, 6) is 0.782. The maximum absolute atomic E-state index is 12.5. The number of carbonyl (C=O) groups excluding carboxylic acids is 1. The lowest BCUT2D eigenvalue weighted by Crippen LogP contribution is -2.34. The van der Waals surface area contributed by atoms with Crippen LogP contribution in [0.3, 0.4) is 0 Å². The molecule has 2 atom stereocenters. The van der Waals surface area contributed by atoms with E-state index in [0.29, 0.717) is 31.2 Å². The van der Waals surface area contributed by atoms with Crippen LogP contribution in [-0.2, 0) is 20.8 Å². The molecule has 1 aliphatic heterocycles. The van der Waals surface area contributed by atoms with E-state index in [-0.39, 0.29) is 18.4 Å². The lowest BCUT2D eigenvalue weighted by Gasteiger charge is -2.30. The molecule has 0 spiro atoms. The number of carbonyl (C=O) groups is 1. The van der Waals surface area contributed by atoms with Gasteiger partial charge in [0.25, 0.3) is 5.91 Å². The Bertz CT molecular complexity index is 556. The van der Waals surface area contributed by atoms with Crippen LogP contribution in [0.25, 0.3) is 0 Å². The average Bonchev–Trinajstić information content (AvgIpc) is 2.64. The monoisotopic (exact) mass is 347 g/mol. The van der Waals surface area contributed by atoms with E-state index in [2.05, 4.69) is 19.2 Å². The fourth-order valence-corrected chi connectivity index (χ4v) is 2.70. The Balaban J connectivity index is 1.92. The van der Waals surface area contributed by atoms with Crippen LogP contribution in [0, 0.1) is 11.8 Å². The third-order valence-corrected chi connectivity index (χ3v) is 4.32. The maximum Gasteiger partial charge on any atom is 0.286 e. The van der Waals surface area contributed by atoms with E-state index in [1.54, 1.807) is 0 Å². The zero-order chi connectivity index (χ0) is 18.1. The van der Waals surface area contributed by atoms with Gasteiger partial charge in [0.05, 0.1) is 6.61 Å². The van der Waals surface area contributed by atoms with Gasteiger partial charge >= 0.3 is 0 Å². The zero-order valence-electron chi connectivity index (χ0n) is 15.1. The molecule has 25 heavy (non-hydrogen) atoms. The third kappa shape index (κ3) is 6.52. The number of allylic oxidation sites excluding steroid dienone is 1. The van der Waals surface area contributed by atoms with E-state index < -0.39 is 6.29 Å². The van der Waals surface area contributed by atoms with Crippen molar-refractivity contribution in [1.82, 2.24) is 5.32 Å². The van der Waals surface area contributed by atoms with Crippen molar-refractivity contribution >= 4 is 5.91 Å². The van der Waals surface area contributed by atoms with Crippen LogP contribution in [0.5, 0.6) is 0 Å². The fraction of sp³-hybridized carbons (Fsp3) is 0.550. The number of aliphatic hydroxyl groups is 1. The van der Waals surface area contributed by atoms with Gasteiger partial charge in [-0.3, -0.25) is 4.79 Å². The summed E-state index contributed by atoms with van der Waals surface area (Å²) in [7, 11) is 0. The van der Waals surface area contributed by atoms with Crippen LogP contribution in [0.1, 0.15) is 38.7 Å². The molecular formula is C20H29NO4. The average molecular weight is 347 g/mol. The van der Waals surface area contributed by atoms with Gasteiger partial charge in [-0.25, -0.2) is 0 Å². The summed E-state index contributed by atoms with van der Waals surface area (Å²) in [6.45, 7) is 5.42. The van der Waals surface area contributed by atoms with Crippen LogP contribution in [0.15, 0.2) is 42.2 Å². The number of hydrogen-bond donors (Lipinski definition) is 2. The summed E-state index contributed by atoms with van der Waals surface area (Å²) in [6, 6.07) is 9.79. The van der Waals surface area contributed by atoms with Crippen LogP contribution in [0.4, 0.5) is 0 Å². The molecule has 1 aromatic rings. The molecule has 0 radical (unpaired) electrons. The first-order valence-electron chi connectivity index (χ1n) is 9.03. The SMILES string of the molecule is CC(C)C1C=C(C(=O)NCc2ccccc2)OC(OCCCCO)C1. The molecule has 1 heterocycles. The van der Waals surface area contributed by atoms with Crippen LogP contribution < -0.4 is 5.32 Å². The largest absolute Gasteiger partial charge is 0.459 e. The van der Waals surface area contributed by atoms with Gasteiger partial charge in [0.1, 0.15) is 0 Å². The number of benzene rings is 1. The number of hydrogen-bond acceptors (Lipinski definition) is 4. The molecule has 0 saturated heterocycles. The number of ether oxygens (including phenoxy) is 2. The second-order valence-corrected chi connectivity index (χ2v) is 6.69. The number of amides is 1. The van der Waals surface area contributed by atoms with Gasteiger partial charge < -0.3 is 19.9 Å². The van der Waals surface area contributed by atoms with E-state index in [1.165, 1.54) is 0 Å². The standard InChI is InChI=1S/C20H29NO4/c1-15(2)17-12-18(25-19(13-17)24-11-7-6-10-22)20(23)21-14-16-8-4-3-5-9-16/h3-5,8-9,12,15,17,19,22H,6-7,10-11,13-14H2,1-2H3,(H,21,23). The van der Waals surface area contributed by atoms with Crippen molar-refractivity contribution in [3.8, 4) is 0 Å². The fourth-order valence-electron chi connectivity index (χ4n) is 2.70. The van der Waals surface area contributed by atoms with Gasteiger partial charge in [-0.05, 0) is 36.3 Å². The predicted octanol–water partition coefficient (Wildman–Crippen LogP) is 2.99. The van der Waals surface area contributed by atoms with Crippen LogP contribution >= 0.6 is 0 Å². The lowest BCUT2D eigenvalue weighted by atomic mass is 9.90. The number of aliphatic hydroxyl groups excluding tert-OH is 1. The highest BCUT2D eigenvalue weighted by Gasteiger charge is 2.29. The zero-order valence-corrected chi connectivity index (χ0v) is 15.1. The molecule has 5 heteroatoms. The van der Waals surface area contributed by atoms with E-state index in [1.807, 2.05) is 36.4 Å². The van der Waals surface area contributed by atoms with Crippen LogP contribution in [-0.4, -0.2) is 30.5 Å². The Hall–Kier alpha value is -1.85. The quantitative estimate of drug-likeness (QED) is 0.674. The van der Waals surface area contributed by atoms with Gasteiger partial charge in [0.2, 0.25) is 6.29 Å². The summed E-state index contributed by atoms with van der Waals surface area (Å²) < 4.78 is 11.5. The molecule has 1 amide bonds. The lowest BCUT2D eigenvalue weighted by molar-refractivity contribution is -0.150. The Morgan fingerprint density at radius 1 is 1.32 bits per heavy atom. The molecule has 0 aromatic heterocycles. The van der Waals surface area contributed by atoms with Crippen molar-refractivity contribution in [2.24, 2.45) is 11.8 Å². The summed E-state index contributed by atoms with van der Waals surface area (Å²) in [4.78, 5) is 12.5. The summed E-state index contributed by atoms with van der Waals surface area (Å²) in [6.07, 6.45) is 3.74. The van der Waals surface area contributed by atoms with Crippen molar-refractivity contribution in [2.45, 2.75) is 45.9 Å². The Kier molecular flexibility index (Phi) is 7.95. The Labute approximate surface area is 150 Å². The molecular weight excluding hydrogens is 318 g/mol. The van der Waals surface area contributed by atoms with E-state index in [9.17, 15) is 4.79 Å². The second-order valence-electron chi connectivity index (χ2n) is 6.69. The van der Waals surface area contributed by atoms with E-state index >= 15 is 0 Å². The number of unbranched alkanes of at least 4 members (excludes halogenated alkanes) is 1. The molecule has 2 rings (SSSR count). The minimum Gasteiger partial charge on any atom is -0.459 e. The first-order valence-corrected chi connectivity index (χ1v) is 9.03. The molecule has 0 bridgehead atoms. The molecule has 2 unspecified atom stereocenters. The van der Waals surface area contributed by atoms with E-state index in [0.717, 1.165) is 18.4 Å². The second kappa shape index (κ2) is 10.2. The van der Waals surface area contributed by atoms with Crippen molar-refractivity contribution in [1.29, 1.82) is 0 Å². The molecule has 1 aromatic carbocycles. The predicted molar refractivity (Wildman–Crippen MR) is 96.5 cm³/mol. The smallest absolute Gasteiger partial charge is 0.286 e. The van der Waals surface area contributed by atoms with Gasteiger partial charge in [-0.15, -0.1) is 0 Å². The summed E-state index contributed by atoms with van der Waals surface area (Å²) in [5.41, 5.74) is 1.05. The molecule has 2 N–H and O–H groups in total. The topological polar surface area (TPSA) is 67.8 Å². The first-order chi connectivity index (χ1) is 12.1. The van der Waals surface area contributed by atoms with Crippen molar-refractivity contribution in [2.75, 3.05) is 13.2 Å². The van der Waals surface area contributed by atoms with Crippen molar-refractivity contribution in [3.05, 3.63) is 47.7 Å². The highest BCUT2D eigenvalue weighted by atomic mass is 16.7. The molecule has 0 saturated carbocycles. The van der Waals surface area contributed by atoms with Crippen molar-refractivity contribution in [3.63, 3.8) is 0 Å². The normalized spacial score (nSPS) is 20.1. The Morgan fingerprint density at radius 3 is 2.76 bits per heavy atom. The number of nitrogens with one attached hydrogen (secondary N) is 1. The third-order valence-electron chi connectivity index (χ3n) is 4.32. The number of rotatable bonds is 9. The minimum atomic E-state index is -0.409. The van der Waals surface area contributed by atoms with Gasteiger partial charge in [0.15, 0.2) is 5.76 Å². The molecule has 1 aliphatic rings.